The summed E-state index contributed by atoms with van der Waals surface area (Å²) in [6.45, 7) is 6.02. The fourth-order valence-electron chi connectivity index (χ4n) is 8.68. The van der Waals surface area contributed by atoms with Crippen LogP contribution in [0, 0.1) is 23.1 Å². The summed E-state index contributed by atoms with van der Waals surface area (Å²) >= 11 is 1.95. The minimum atomic E-state index is -0.432. The van der Waals surface area contributed by atoms with Crippen LogP contribution in [0.15, 0.2) is 110 Å². The van der Waals surface area contributed by atoms with Crippen molar-refractivity contribution in [3.63, 3.8) is 0 Å². The Morgan fingerprint density at radius 1 is 0.647 bits per heavy atom. The number of aromatic nitrogens is 12. The van der Waals surface area contributed by atoms with Crippen LogP contribution in [-0.2, 0) is 4.79 Å². The van der Waals surface area contributed by atoms with E-state index in [0.717, 1.165) is 50.3 Å². The Labute approximate surface area is 392 Å². The number of fused-ring (bicyclic) bond motifs is 4. The number of carbonyl (C=O) groups is 1. The molecule has 0 bridgehead atoms. The van der Waals surface area contributed by atoms with Crippen LogP contribution in [0.2, 0.25) is 0 Å². The van der Waals surface area contributed by atoms with Gasteiger partial charge in [0.1, 0.15) is 33.8 Å². The molecule has 0 radical (unpaired) electrons. The van der Waals surface area contributed by atoms with Crippen LogP contribution in [0.5, 0.6) is 0 Å². The van der Waals surface area contributed by atoms with Crippen molar-refractivity contribution in [1.82, 2.24) is 60.3 Å². The lowest BCUT2D eigenvalue weighted by atomic mass is 9.95. The Kier molecular flexibility index (Phi) is 9.80. The molecule has 0 aliphatic rings. The van der Waals surface area contributed by atoms with E-state index in [9.17, 15) is 9.18 Å². The monoisotopic (exact) mass is 935 g/mol. The van der Waals surface area contributed by atoms with Crippen LogP contribution in [-0.4, -0.2) is 66.2 Å². The summed E-state index contributed by atoms with van der Waals surface area (Å²) in [6, 6.07) is 22.1. The van der Waals surface area contributed by atoms with Gasteiger partial charge in [-0.1, -0.05) is 19.9 Å². The first-order valence-electron chi connectivity index (χ1n) is 21.5. The van der Waals surface area contributed by atoms with Gasteiger partial charge in [0.15, 0.2) is 21.9 Å². The zero-order valence-corrected chi connectivity index (χ0v) is 37.9. The van der Waals surface area contributed by atoms with Gasteiger partial charge >= 0.3 is 0 Å². The summed E-state index contributed by atoms with van der Waals surface area (Å²) < 4.78 is 30.2. The van der Waals surface area contributed by atoms with Gasteiger partial charge in [0, 0.05) is 70.4 Å². The van der Waals surface area contributed by atoms with Gasteiger partial charge < -0.3 is 15.3 Å². The minimum Gasteiger partial charge on any atom is -0.336 e. The molecule has 2 aromatic carbocycles. The highest BCUT2D eigenvalue weighted by Crippen LogP contribution is 2.46. The summed E-state index contributed by atoms with van der Waals surface area (Å²) in [5, 5.41) is 19.6. The lowest BCUT2D eigenvalue weighted by molar-refractivity contribution is -0.116. The molecule has 10 aromatic heterocycles. The maximum Gasteiger partial charge on any atom is 0.224 e. The molecule has 12 aromatic rings. The van der Waals surface area contributed by atoms with E-state index in [-0.39, 0.29) is 17.0 Å². The first kappa shape index (κ1) is 41.1. The molecule has 10 heterocycles. The molecule has 0 unspecified atom stereocenters. The van der Waals surface area contributed by atoms with Crippen LogP contribution in [0.1, 0.15) is 25.8 Å². The molecule has 0 aliphatic heterocycles. The predicted molar refractivity (Wildman–Crippen MR) is 263 cm³/mol. The largest absolute Gasteiger partial charge is 0.336 e. The quantitative estimate of drug-likeness (QED) is 0.0886. The molecular formula is C50H35F2N13OS2. The van der Waals surface area contributed by atoms with E-state index >= 15 is 4.39 Å². The number of benzene rings is 2. The second-order valence-corrected chi connectivity index (χ2v) is 18.9. The van der Waals surface area contributed by atoms with E-state index in [4.69, 9.17) is 20.1 Å². The van der Waals surface area contributed by atoms with Crippen molar-refractivity contribution < 1.29 is 13.6 Å². The van der Waals surface area contributed by atoms with Crippen LogP contribution in [0.4, 0.5) is 14.5 Å². The van der Waals surface area contributed by atoms with E-state index in [1.807, 2.05) is 62.5 Å². The zero-order valence-electron chi connectivity index (χ0n) is 36.2. The van der Waals surface area contributed by atoms with Crippen LogP contribution in [0.25, 0.3) is 121 Å². The highest BCUT2D eigenvalue weighted by molar-refractivity contribution is 7.14. The highest BCUT2D eigenvalue weighted by Gasteiger charge is 2.25. The van der Waals surface area contributed by atoms with Crippen molar-refractivity contribution >= 4 is 78.1 Å². The summed E-state index contributed by atoms with van der Waals surface area (Å²) in [6.07, 6.45) is 10.6. The van der Waals surface area contributed by atoms with E-state index < -0.39 is 5.13 Å². The number of H-pyrrole nitrogens is 4. The molecule has 0 aliphatic carbocycles. The molecule has 332 valence electrons. The number of amides is 1. The first-order chi connectivity index (χ1) is 33.1. The van der Waals surface area contributed by atoms with Crippen molar-refractivity contribution in [3.8, 4) is 77.6 Å². The third-order valence-corrected chi connectivity index (χ3v) is 13.6. The van der Waals surface area contributed by atoms with Crippen LogP contribution >= 0.6 is 22.7 Å². The molecule has 0 atom stereocenters. The summed E-state index contributed by atoms with van der Waals surface area (Å²) in [5.74, 6) is 1.00. The Morgan fingerprint density at radius 3 is 2.16 bits per heavy atom. The number of imidazole rings is 2. The van der Waals surface area contributed by atoms with Gasteiger partial charge in [0.25, 0.3) is 0 Å². The van der Waals surface area contributed by atoms with E-state index in [2.05, 4.69) is 58.5 Å². The highest BCUT2D eigenvalue weighted by atomic mass is 32.1. The fraction of sp³-hybridized carbons (Fsp3) is 0.100. The zero-order chi connectivity index (χ0) is 46.2. The number of aromatic amines is 4. The van der Waals surface area contributed by atoms with E-state index in [1.54, 1.807) is 43.1 Å². The third kappa shape index (κ3) is 7.17. The second-order valence-electron chi connectivity index (χ2n) is 16.8. The number of anilines is 1. The Hall–Kier alpha value is -8.35. The number of nitrogens with zero attached hydrogens (tertiary/aromatic N) is 8. The first-order valence-corrected chi connectivity index (χ1v) is 23.2. The van der Waals surface area contributed by atoms with Gasteiger partial charge in [-0.25, -0.2) is 9.97 Å². The molecule has 5 N–H and O–H groups in total. The number of thiophene rings is 2. The summed E-state index contributed by atoms with van der Waals surface area (Å²) in [4.78, 5) is 49.2. The molecule has 0 spiro atoms. The number of pyridine rings is 4. The van der Waals surface area contributed by atoms with Gasteiger partial charge in [-0.15, -0.1) is 22.7 Å². The molecule has 68 heavy (non-hydrogen) atoms. The Balaban J connectivity index is 1.01. The van der Waals surface area contributed by atoms with Crippen molar-refractivity contribution in [2.75, 3.05) is 5.32 Å². The SMILES string of the molecule is Cc1ccncc1-c1ccc2[nH]nc(-c3nc4c(-c5sc(F)cc5-c5cc(-c6cncc(NC(=O)CC(C)C)c6)cc6c(-c7nc8c(-c9ccc(F)s9)nccc8[nH]7)n[nH]c56)nccc4[nH]3)c2c1. The Bertz CT molecular complexity index is 3950. The molecule has 0 saturated carbocycles. The summed E-state index contributed by atoms with van der Waals surface area (Å²) in [7, 11) is 0. The maximum atomic E-state index is 16.0. The van der Waals surface area contributed by atoms with Crippen molar-refractivity contribution in [1.29, 1.82) is 0 Å². The average molecular weight is 936 g/mol. The van der Waals surface area contributed by atoms with Gasteiger partial charge in [-0.2, -0.15) is 19.0 Å². The van der Waals surface area contributed by atoms with Gasteiger partial charge in [-0.3, -0.25) is 34.9 Å². The number of rotatable bonds is 10. The predicted octanol–water partition coefficient (Wildman–Crippen LogP) is 12.1. The third-order valence-electron chi connectivity index (χ3n) is 11.8. The van der Waals surface area contributed by atoms with Crippen LogP contribution < -0.4 is 5.32 Å². The minimum absolute atomic E-state index is 0.122. The number of halogens is 2. The number of hydrogen-bond acceptors (Lipinski definition) is 11. The second kappa shape index (κ2) is 16.2. The molecule has 0 fully saturated rings. The van der Waals surface area contributed by atoms with E-state index in [0.29, 0.717) is 112 Å². The van der Waals surface area contributed by atoms with Gasteiger partial charge in [0.05, 0.1) is 43.7 Å². The summed E-state index contributed by atoms with van der Waals surface area (Å²) in [5.41, 5.74) is 12.2. The van der Waals surface area contributed by atoms with Gasteiger partial charge in [0.2, 0.25) is 5.91 Å². The standard InChI is InChI=1S/C50H35F2N13OS2/c1-23(2)14-40(66)57-28-15-27(20-54-21-28)26-17-29(41-32(18-26)43(65-63-41)50-58-35-9-12-55-46(44(35)60-50)37-6-7-38(51)67-37)30-19-39(52)68-48(30)47-45-36(10-13-56-47)59-49(61-45)42-31-16-25(4-5-34(31)62-64-42)33-22-53-11-8-24(33)3/h4-13,15-23H,14H2,1-3H3,(H,57,66)(H,58,60)(H,59,61)(H,62,64)(H,63,65). The fourth-order valence-corrected chi connectivity index (χ4v) is 10.3. The number of nitrogens with one attached hydrogen (secondary N) is 5. The molecule has 1 amide bonds. The Morgan fingerprint density at radius 2 is 1.40 bits per heavy atom. The van der Waals surface area contributed by atoms with Crippen molar-refractivity contribution in [2.24, 2.45) is 5.92 Å². The normalized spacial score (nSPS) is 11.9. The molecule has 12 rings (SSSR count). The molecule has 18 heteroatoms. The lowest BCUT2D eigenvalue weighted by Gasteiger charge is -2.11. The van der Waals surface area contributed by atoms with Gasteiger partial charge in [-0.05, 0) is 96.3 Å². The molecule has 14 nitrogen and oxygen atoms in total. The topological polar surface area (TPSA) is 195 Å². The lowest BCUT2D eigenvalue weighted by Crippen LogP contribution is -2.13. The average Bonchev–Trinajstić information content (AvgIpc) is 4.20. The molecular weight excluding hydrogens is 901 g/mol. The van der Waals surface area contributed by atoms with Crippen LogP contribution in [0.3, 0.4) is 0 Å². The smallest absolute Gasteiger partial charge is 0.224 e. The number of hydrogen-bond donors (Lipinski definition) is 5. The number of carbonyl (C=O) groups excluding carboxylic acids is 1. The van der Waals surface area contributed by atoms with E-state index in [1.165, 1.54) is 12.1 Å². The van der Waals surface area contributed by atoms with Crippen molar-refractivity contribution in [2.45, 2.75) is 27.2 Å². The van der Waals surface area contributed by atoms with Crippen molar-refractivity contribution in [3.05, 3.63) is 126 Å². The molecule has 0 saturated heterocycles. The maximum absolute atomic E-state index is 16.0. The number of aryl methyl sites for hydroxylation is 1.